The summed E-state index contributed by atoms with van der Waals surface area (Å²) in [5, 5.41) is 20.5. The Morgan fingerprint density at radius 1 is 1.16 bits per heavy atom. The molecule has 0 aromatic rings. The van der Waals surface area contributed by atoms with Gasteiger partial charge in [-0.05, 0) is 49.0 Å². The molecule has 2 aliphatic carbocycles. The largest absolute Gasteiger partial charge is 0.429 e. The van der Waals surface area contributed by atoms with Crippen LogP contribution in [0, 0.1) is 16.7 Å². The van der Waals surface area contributed by atoms with Crippen molar-refractivity contribution in [3.63, 3.8) is 0 Å². The highest BCUT2D eigenvalue weighted by molar-refractivity contribution is 6.00. The number of carbonyl (C=O) groups excluding carboxylic acids is 2. The SMILES string of the molecule is CC1=C(CCC2=CC(=O)O[C@@H]2O)[C@@]2(C)CCCC(C)(C)[C@@H]2[C@H](O)C1=O. The zero-order chi connectivity index (χ0) is 18.6. The molecule has 4 atom stereocenters. The average molecular weight is 348 g/mol. The van der Waals surface area contributed by atoms with Gasteiger partial charge in [-0.2, -0.15) is 0 Å². The average Bonchev–Trinajstić information content (AvgIpc) is 2.81. The Labute approximate surface area is 148 Å². The number of aliphatic hydroxyl groups is 2. The van der Waals surface area contributed by atoms with E-state index in [1.165, 1.54) is 6.08 Å². The first kappa shape index (κ1) is 18.3. The van der Waals surface area contributed by atoms with Crippen LogP contribution >= 0.6 is 0 Å². The van der Waals surface area contributed by atoms with E-state index in [0.717, 1.165) is 24.8 Å². The molecule has 3 rings (SSSR count). The van der Waals surface area contributed by atoms with Crippen molar-refractivity contribution in [2.75, 3.05) is 0 Å². The van der Waals surface area contributed by atoms with Gasteiger partial charge in [0.15, 0.2) is 5.78 Å². The summed E-state index contributed by atoms with van der Waals surface area (Å²) in [6.07, 6.45) is 3.27. The topological polar surface area (TPSA) is 83.8 Å². The van der Waals surface area contributed by atoms with Crippen LogP contribution in [-0.2, 0) is 14.3 Å². The van der Waals surface area contributed by atoms with E-state index in [1.807, 2.05) is 0 Å². The zero-order valence-corrected chi connectivity index (χ0v) is 15.5. The first-order valence-corrected chi connectivity index (χ1v) is 9.09. The van der Waals surface area contributed by atoms with Crippen molar-refractivity contribution in [2.45, 2.75) is 72.2 Å². The number of fused-ring (bicyclic) bond motifs is 1. The van der Waals surface area contributed by atoms with Gasteiger partial charge in [0.2, 0.25) is 6.29 Å². The van der Waals surface area contributed by atoms with Gasteiger partial charge in [-0.1, -0.05) is 32.8 Å². The third-order valence-corrected chi connectivity index (χ3v) is 6.65. The quantitative estimate of drug-likeness (QED) is 0.766. The van der Waals surface area contributed by atoms with E-state index in [2.05, 4.69) is 20.8 Å². The van der Waals surface area contributed by atoms with Crippen LogP contribution in [0.5, 0.6) is 0 Å². The molecule has 138 valence electrons. The molecule has 0 spiro atoms. The molecule has 0 unspecified atom stereocenters. The predicted molar refractivity (Wildman–Crippen MR) is 92.4 cm³/mol. The van der Waals surface area contributed by atoms with Crippen LogP contribution in [0.15, 0.2) is 22.8 Å². The summed E-state index contributed by atoms with van der Waals surface area (Å²) < 4.78 is 4.74. The lowest BCUT2D eigenvalue weighted by atomic mass is 9.48. The van der Waals surface area contributed by atoms with E-state index in [1.54, 1.807) is 6.92 Å². The molecule has 2 N–H and O–H groups in total. The van der Waals surface area contributed by atoms with E-state index >= 15 is 0 Å². The smallest absolute Gasteiger partial charge is 0.333 e. The molecule has 1 aliphatic heterocycles. The first-order valence-electron chi connectivity index (χ1n) is 9.09. The summed E-state index contributed by atoms with van der Waals surface area (Å²) in [7, 11) is 0. The predicted octanol–water partition coefficient (Wildman–Crippen LogP) is 2.66. The van der Waals surface area contributed by atoms with Gasteiger partial charge in [-0.15, -0.1) is 0 Å². The maximum Gasteiger partial charge on any atom is 0.333 e. The molecule has 0 saturated heterocycles. The van der Waals surface area contributed by atoms with E-state index in [0.29, 0.717) is 24.0 Å². The van der Waals surface area contributed by atoms with Gasteiger partial charge in [0.05, 0.1) is 0 Å². The molecule has 0 amide bonds. The summed E-state index contributed by atoms with van der Waals surface area (Å²) in [5.74, 6) is -0.813. The van der Waals surface area contributed by atoms with Gasteiger partial charge < -0.3 is 14.9 Å². The lowest BCUT2D eigenvalue weighted by molar-refractivity contribution is -0.151. The standard InChI is InChI=1S/C20H28O5/c1-11-13(7-6-12-10-14(21)25-18(12)24)20(4)9-5-8-19(2,3)17(20)16(23)15(11)22/h10,16-18,23-24H,5-9H2,1-4H3/t16-,17+,18+,20-/m1/s1. The van der Waals surface area contributed by atoms with Crippen molar-refractivity contribution >= 4 is 11.8 Å². The third-order valence-electron chi connectivity index (χ3n) is 6.65. The summed E-state index contributed by atoms with van der Waals surface area (Å²) in [4.78, 5) is 24.0. The number of rotatable bonds is 3. The monoisotopic (exact) mass is 348 g/mol. The molecule has 0 aromatic heterocycles. The van der Waals surface area contributed by atoms with Crippen LogP contribution < -0.4 is 0 Å². The summed E-state index contributed by atoms with van der Waals surface area (Å²) >= 11 is 0. The lowest BCUT2D eigenvalue weighted by Gasteiger charge is -2.56. The number of ketones is 1. The molecule has 5 heteroatoms. The summed E-state index contributed by atoms with van der Waals surface area (Å²) in [6.45, 7) is 8.23. The zero-order valence-electron chi connectivity index (χ0n) is 15.5. The van der Waals surface area contributed by atoms with Crippen LogP contribution in [0.3, 0.4) is 0 Å². The van der Waals surface area contributed by atoms with Crippen LogP contribution in [0.2, 0.25) is 0 Å². The molecule has 1 fully saturated rings. The Morgan fingerprint density at radius 3 is 2.44 bits per heavy atom. The molecule has 0 aromatic carbocycles. The van der Waals surface area contributed by atoms with Crippen molar-refractivity contribution in [3.8, 4) is 0 Å². The van der Waals surface area contributed by atoms with Gasteiger partial charge in [-0.3, -0.25) is 4.79 Å². The van der Waals surface area contributed by atoms with E-state index in [-0.39, 0.29) is 22.5 Å². The Morgan fingerprint density at radius 2 is 1.84 bits per heavy atom. The molecule has 5 nitrogen and oxygen atoms in total. The second-order valence-corrected chi connectivity index (χ2v) is 8.66. The number of allylic oxidation sites excluding steroid dienone is 1. The van der Waals surface area contributed by atoms with E-state index in [4.69, 9.17) is 4.74 Å². The second kappa shape index (κ2) is 6.06. The van der Waals surface area contributed by atoms with Gasteiger partial charge in [0.25, 0.3) is 0 Å². The number of hydrogen-bond acceptors (Lipinski definition) is 5. The lowest BCUT2D eigenvalue weighted by Crippen LogP contribution is -2.55. The highest BCUT2D eigenvalue weighted by atomic mass is 16.6. The highest BCUT2D eigenvalue weighted by Crippen LogP contribution is 2.59. The Bertz CT molecular complexity index is 672. The van der Waals surface area contributed by atoms with Crippen LogP contribution in [0.4, 0.5) is 0 Å². The molecular weight excluding hydrogens is 320 g/mol. The number of cyclic esters (lactones) is 1. The van der Waals surface area contributed by atoms with Crippen molar-refractivity contribution < 1.29 is 24.5 Å². The van der Waals surface area contributed by atoms with Gasteiger partial charge in [0.1, 0.15) is 6.10 Å². The highest BCUT2D eigenvalue weighted by Gasteiger charge is 2.56. The fourth-order valence-electron chi connectivity index (χ4n) is 5.53. The number of ether oxygens (including phenoxy) is 1. The molecule has 0 bridgehead atoms. The Hall–Kier alpha value is -1.46. The Balaban J connectivity index is 1.94. The fraction of sp³-hybridized carbons (Fsp3) is 0.700. The minimum Gasteiger partial charge on any atom is -0.429 e. The minimum atomic E-state index is -1.18. The Kier molecular flexibility index (Phi) is 4.44. The van der Waals surface area contributed by atoms with Crippen LogP contribution in [0.1, 0.15) is 59.8 Å². The number of hydrogen-bond donors (Lipinski definition) is 2. The second-order valence-electron chi connectivity index (χ2n) is 8.66. The van der Waals surface area contributed by atoms with Crippen LogP contribution in [0.25, 0.3) is 0 Å². The van der Waals surface area contributed by atoms with Crippen LogP contribution in [-0.4, -0.2) is 34.4 Å². The van der Waals surface area contributed by atoms with Crippen molar-refractivity contribution in [1.82, 2.24) is 0 Å². The molecule has 1 saturated carbocycles. The fourth-order valence-corrected chi connectivity index (χ4v) is 5.53. The van der Waals surface area contributed by atoms with E-state index in [9.17, 15) is 19.8 Å². The minimum absolute atomic E-state index is 0.111. The summed E-state index contributed by atoms with van der Waals surface area (Å²) in [5.41, 5.74) is 1.91. The summed E-state index contributed by atoms with van der Waals surface area (Å²) in [6, 6.07) is 0. The molecule has 3 aliphatic rings. The maximum absolute atomic E-state index is 12.7. The number of esters is 1. The normalized spacial score (nSPS) is 37.7. The van der Waals surface area contributed by atoms with E-state index < -0.39 is 18.4 Å². The van der Waals surface area contributed by atoms with Gasteiger partial charge >= 0.3 is 5.97 Å². The van der Waals surface area contributed by atoms with Gasteiger partial charge in [0, 0.05) is 17.6 Å². The van der Waals surface area contributed by atoms with Crippen molar-refractivity contribution in [3.05, 3.63) is 22.8 Å². The van der Waals surface area contributed by atoms with Crippen molar-refractivity contribution in [1.29, 1.82) is 0 Å². The molecule has 1 heterocycles. The molecule has 0 radical (unpaired) electrons. The number of aliphatic hydroxyl groups excluding tert-OH is 2. The number of Topliss-reactive ketones (excluding diaryl/α,β-unsaturated/α-hetero) is 1. The first-order chi connectivity index (χ1) is 11.6. The maximum atomic E-state index is 12.7. The molecular formula is C20H28O5. The number of carbonyl (C=O) groups is 2. The third kappa shape index (κ3) is 2.87. The van der Waals surface area contributed by atoms with Crippen molar-refractivity contribution in [2.24, 2.45) is 16.7 Å². The molecule has 25 heavy (non-hydrogen) atoms. The van der Waals surface area contributed by atoms with Gasteiger partial charge in [-0.25, -0.2) is 4.79 Å².